The van der Waals surface area contributed by atoms with E-state index in [9.17, 15) is 18.0 Å². The summed E-state index contributed by atoms with van der Waals surface area (Å²) in [5.74, 6) is -1.05. The maximum Gasteiger partial charge on any atom is 0.340 e. The molecule has 1 aromatic rings. The SMILES string of the molecule is CCN(C(=O)C(C)OC(=O)c1ccccc1Cl)C1CCS(=O)(=O)C1. The number of benzene rings is 1. The molecule has 1 aromatic carbocycles. The van der Waals surface area contributed by atoms with E-state index in [1.807, 2.05) is 0 Å². The van der Waals surface area contributed by atoms with Crippen molar-refractivity contribution in [3.63, 3.8) is 0 Å². The van der Waals surface area contributed by atoms with Crippen molar-refractivity contribution < 1.29 is 22.7 Å². The van der Waals surface area contributed by atoms with Gasteiger partial charge in [0.2, 0.25) is 0 Å². The summed E-state index contributed by atoms with van der Waals surface area (Å²) in [6.45, 7) is 3.60. The summed E-state index contributed by atoms with van der Waals surface area (Å²) in [5, 5.41) is 0.247. The van der Waals surface area contributed by atoms with E-state index >= 15 is 0 Å². The van der Waals surface area contributed by atoms with Crippen LogP contribution in [0.5, 0.6) is 0 Å². The number of carbonyl (C=O) groups excluding carboxylic acids is 2. The first-order valence-corrected chi connectivity index (χ1v) is 9.91. The molecular weight excluding hydrogens is 354 g/mol. The highest BCUT2D eigenvalue weighted by atomic mass is 35.5. The third kappa shape index (κ3) is 4.27. The van der Waals surface area contributed by atoms with Crippen LogP contribution in [0.1, 0.15) is 30.6 Å². The molecule has 2 rings (SSSR count). The standard InChI is InChI=1S/C16H20ClNO5S/c1-3-18(12-8-9-24(21,22)10-12)15(19)11(2)23-16(20)13-6-4-5-7-14(13)17/h4-7,11-12H,3,8-10H2,1-2H3. The first-order valence-electron chi connectivity index (χ1n) is 7.71. The van der Waals surface area contributed by atoms with Gasteiger partial charge in [-0.3, -0.25) is 4.79 Å². The molecule has 0 radical (unpaired) electrons. The average Bonchev–Trinajstić information content (AvgIpc) is 2.88. The van der Waals surface area contributed by atoms with E-state index in [1.54, 1.807) is 25.1 Å². The molecule has 0 saturated carbocycles. The van der Waals surface area contributed by atoms with Crippen molar-refractivity contribution in [3.8, 4) is 0 Å². The van der Waals surface area contributed by atoms with Crippen molar-refractivity contribution in [3.05, 3.63) is 34.9 Å². The number of halogens is 1. The molecule has 8 heteroatoms. The van der Waals surface area contributed by atoms with Gasteiger partial charge in [0, 0.05) is 12.6 Å². The largest absolute Gasteiger partial charge is 0.449 e. The van der Waals surface area contributed by atoms with Gasteiger partial charge >= 0.3 is 5.97 Å². The Morgan fingerprint density at radius 3 is 2.58 bits per heavy atom. The van der Waals surface area contributed by atoms with E-state index in [-0.39, 0.29) is 28.1 Å². The van der Waals surface area contributed by atoms with Crippen LogP contribution in [0.25, 0.3) is 0 Å². The molecule has 1 heterocycles. The summed E-state index contributed by atoms with van der Waals surface area (Å²) in [6, 6.07) is 6.05. The number of carbonyl (C=O) groups is 2. The average molecular weight is 374 g/mol. The Labute approximate surface area is 146 Å². The normalized spacial score (nSPS) is 20.4. The second kappa shape index (κ2) is 7.53. The summed E-state index contributed by atoms with van der Waals surface area (Å²) >= 11 is 5.94. The molecule has 2 atom stereocenters. The molecule has 2 unspecified atom stereocenters. The quantitative estimate of drug-likeness (QED) is 0.736. The maximum atomic E-state index is 12.5. The number of sulfone groups is 1. The van der Waals surface area contributed by atoms with Crippen molar-refractivity contribution >= 4 is 33.3 Å². The predicted octanol–water partition coefficient (Wildman–Crippen LogP) is 1.92. The van der Waals surface area contributed by atoms with Crippen molar-refractivity contribution in [1.82, 2.24) is 4.90 Å². The number of rotatable bonds is 5. The van der Waals surface area contributed by atoms with Gasteiger partial charge in [-0.05, 0) is 32.4 Å². The Hall–Kier alpha value is -1.60. The van der Waals surface area contributed by atoms with Gasteiger partial charge < -0.3 is 9.64 Å². The minimum absolute atomic E-state index is 0.0439. The van der Waals surface area contributed by atoms with E-state index < -0.39 is 27.8 Å². The van der Waals surface area contributed by atoms with Crippen molar-refractivity contribution in [1.29, 1.82) is 0 Å². The number of ether oxygens (including phenoxy) is 1. The van der Waals surface area contributed by atoms with Gasteiger partial charge in [-0.1, -0.05) is 23.7 Å². The molecule has 132 valence electrons. The molecule has 1 fully saturated rings. The third-order valence-electron chi connectivity index (χ3n) is 4.00. The zero-order valence-electron chi connectivity index (χ0n) is 13.6. The lowest BCUT2D eigenvalue weighted by Gasteiger charge is -2.29. The van der Waals surface area contributed by atoms with Crippen LogP contribution in [0.4, 0.5) is 0 Å². The number of hydrogen-bond donors (Lipinski definition) is 0. The number of nitrogens with zero attached hydrogens (tertiary/aromatic N) is 1. The summed E-state index contributed by atoms with van der Waals surface area (Å²) in [6.07, 6.45) is -0.607. The summed E-state index contributed by atoms with van der Waals surface area (Å²) in [7, 11) is -3.10. The lowest BCUT2D eigenvalue weighted by atomic mass is 10.2. The Morgan fingerprint density at radius 2 is 2.04 bits per heavy atom. The Balaban J connectivity index is 2.05. The van der Waals surface area contributed by atoms with E-state index in [4.69, 9.17) is 16.3 Å². The minimum atomic E-state index is -3.10. The van der Waals surface area contributed by atoms with Crippen LogP contribution in [0.3, 0.4) is 0 Å². The van der Waals surface area contributed by atoms with E-state index in [1.165, 1.54) is 17.9 Å². The number of amides is 1. The Kier molecular flexibility index (Phi) is 5.87. The first kappa shape index (κ1) is 18.7. The zero-order chi connectivity index (χ0) is 17.9. The van der Waals surface area contributed by atoms with Crippen LogP contribution in [0.2, 0.25) is 5.02 Å². The third-order valence-corrected chi connectivity index (χ3v) is 6.08. The van der Waals surface area contributed by atoms with Crippen molar-refractivity contribution in [2.75, 3.05) is 18.1 Å². The van der Waals surface area contributed by atoms with Crippen molar-refractivity contribution in [2.45, 2.75) is 32.4 Å². The molecule has 1 aliphatic heterocycles. The van der Waals surface area contributed by atoms with Gasteiger partial charge in [0.1, 0.15) is 0 Å². The fourth-order valence-electron chi connectivity index (χ4n) is 2.75. The predicted molar refractivity (Wildman–Crippen MR) is 90.8 cm³/mol. The molecule has 24 heavy (non-hydrogen) atoms. The van der Waals surface area contributed by atoms with Crippen LogP contribution in [-0.4, -0.2) is 55.4 Å². The summed E-state index contributed by atoms with van der Waals surface area (Å²) in [4.78, 5) is 26.2. The van der Waals surface area contributed by atoms with Gasteiger partial charge in [0.05, 0.1) is 22.1 Å². The van der Waals surface area contributed by atoms with Crippen molar-refractivity contribution in [2.24, 2.45) is 0 Å². The second-order valence-electron chi connectivity index (χ2n) is 5.71. The number of esters is 1. The molecule has 6 nitrogen and oxygen atoms in total. The maximum absolute atomic E-state index is 12.5. The van der Waals surface area contributed by atoms with Crippen LogP contribution in [0.15, 0.2) is 24.3 Å². The number of hydrogen-bond acceptors (Lipinski definition) is 5. The van der Waals surface area contributed by atoms with Crippen LogP contribution in [-0.2, 0) is 19.4 Å². The molecular formula is C16H20ClNO5S. The minimum Gasteiger partial charge on any atom is -0.449 e. The fourth-order valence-corrected chi connectivity index (χ4v) is 4.69. The molecule has 0 aromatic heterocycles. The van der Waals surface area contributed by atoms with Gasteiger partial charge in [-0.2, -0.15) is 0 Å². The van der Waals surface area contributed by atoms with Gasteiger partial charge in [-0.15, -0.1) is 0 Å². The van der Waals surface area contributed by atoms with Crippen LogP contribution >= 0.6 is 11.6 Å². The Bertz CT molecular complexity index is 734. The molecule has 0 spiro atoms. The van der Waals surface area contributed by atoms with Crippen LogP contribution < -0.4 is 0 Å². The highest BCUT2D eigenvalue weighted by molar-refractivity contribution is 7.91. The second-order valence-corrected chi connectivity index (χ2v) is 8.34. The Morgan fingerprint density at radius 1 is 1.38 bits per heavy atom. The van der Waals surface area contributed by atoms with Crippen LogP contribution in [0, 0.1) is 0 Å². The molecule has 1 amide bonds. The van der Waals surface area contributed by atoms with Gasteiger partial charge in [0.25, 0.3) is 5.91 Å². The number of likely N-dealkylation sites (N-methyl/N-ethyl adjacent to an activating group) is 1. The van der Waals surface area contributed by atoms with E-state index in [0.29, 0.717) is 13.0 Å². The molecule has 0 aliphatic carbocycles. The lowest BCUT2D eigenvalue weighted by molar-refractivity contribution is -0.141. The molecule has 1 saturated heterocycles. The topological polar surface area (TPSA) is 80.8 Å². The van der Waals surface area contributed by atoms with Gasteiger partial charge in [0.15, 0.2) is 15.9 Å². The first-order chi connectivity index (χ1) is 11.2. The smallest absolute Gasteiger partial charge is 0.340 e. The summed E-state index contributed by atoms with van der Waals surface area (Å²) < 4.78 is 28.4. The molecule has 0 bridgehead atoms. The molecule has 0 N–H and O–H groups in total. The van der Waals surface area contributed by atoms with E-state index in [0.717, 1.165) is 0 Å². The zero-order valence-corrected chi connectivity index (χ0v) is 15.1. The summed E-state index contributed by atoms with van der Waals surface area (Å²) in [5.41, 5.74) is 0.185. The van der Waals surface area contributed by atoms with Gasteiger partial charge in [-0.25, -0.2) is 13.2 Å². The lowest BCUT2D eigenvalue weighted by Crippen LogP contribution is -2.46. The fraction of sp³-hybridized carbons (Fsp3) is 0.500. The molecule has 1 aliphatic rings. The highest BCUT2D eigenvalue weighted by Gasteiger charge is 2.36. The highest BCUT2D eigenvalue weighted by Crippen LogP contribution is 2.20. The van der Waals surface area contributed by atoms with E-state index in [2.05, 4.69) is 0 Å². The monoisotopic (exact) mass is 373 g/mol.